The number of halogens is 1. The van der Waals surface area contributed by atoms with Gasteiger partial charge in [0.15, 0.2) is 0 Å². The highest BCUT2D eigenvalue weighted by molar-refractivity contribution is 5.44. The third-order valence-electron chi connectivity index (χ3n) is 2.43. The first-order valence-corrected chi connectivity index (χ1v) is 4.15. The SMILES string of the molecule is N#Cc1ccc(F)cc1C1(N)CC1. The molecule has 0 unspecified atom stereocenters. The summed E-state index contributed by atoms with van der Waals surface area (Å²) in [5, 5.41) is 8.77. The Morgan fingerprint density at radius 3 is 2.69 bits per heavy atom. The van der Waals surface area contributed by atoms with Gasteiger partial charge in [-0.15, -0.1) is 0 Å². The lowest BCUT2D eigenvalue weighted by Crippen LogP contribution is -2.20. The van der Waals surface area contributed by atoms with E-state index < -0.39 is 5.54 Å². The van der Waals surface area contributed by atoms with Gasteiger partial charge in [-0.05, 0) is 36.6 Å². The van der Waals surface area contributed by atoms with Crippen molar-refractivity contribution < 1.29 is 4.39 Å². The van der Waals surface area contributed by atoms with Crippen molar-refractivity contribution in [3.63, 3.8) is 0 Å². The molecule has 1 aliphatic rings. The molecule has 1 aromatic carbocycles. The Balaban J connectivity index is 2.54. The zero-order valence-electron chi connectivity index (χ0n) is 7.05. The zero-order valence-corrected chi connectivity index (χ0v) is 7.05. The first kappa shape index (κ1) is 8.21. The Morgan fingerprint density at radius 2 is 2.15 bits per heavy atom. The summed E-state index contributed by atoms with van der Waals surface area (Å²) in [6.07, 6.45) is 1.68. The third-order valence-corrected chi connectivity index (χ3v) is 2.43. The van der Waals surface area contributed by atoms with E-state index in [2.05, 4.69) is 0 Å². The molecule has 1 aliphatic carbocycles. The van der Waals surface area contributed by atoms with E-state index in [9.17, 15) is 4.39 Å². The Morgan fingerprint density at radius 1 is 1.46 bits per heavy atom. The third kappa shape index (κ3) is 1.30. The molecule has 2 N–H and O–H groups in total. The molecule has 1 saturated carbocycles. The molecule has 0 spiro atoms. The summed E-state index contributed by atoms with van der Waals surface area (Å²) in [7, 11) is 0. The van der Waals surface area contributed by atoms with Crippen LogP contribution in [0.1, 0.15) is 24.0 Å². The summed E-state index contributed by atoms with van der Waals surface area (Å²) in [5.41, 5.74) is 6.59. The lowest BCUT2D eigenvalue weighted by atomic mass is 10.00. The number of nitrogens with zero attached hydrogens (tertiary/aromatic N) is 1. The normalized spacial score (nSPS) is 17.9. The van der Waals surface area contributed by atoms with Crippen molar-refractivity contribution in [1.29, 1.82) is 5.26 Å². The van der Waals surface area contributed by atoms with E-state index in [1.165, 1.54) is 18.2 Å². The monoisotopic (exact) mass is 176 g/mol. The van der Waals surface area contributed by atoms with Crippen LogP contribution in [0, 0.1) is 17.1 Å². The van der Waals surface area contributed by atoms with Crippen LogP contribution < -0.4 is 5.73 Å². The van der Waals surface area contributed by atoms with Gasteiger partial charge in [0, 0.05) is 5.54 Å². The molecule has 0 aliphatic heterocycles. The van der Waals surface area contributed by atoms with Crippen LogP contribution >= 0.6 is 0 Å². The lowest BCUT2D eigenvalue weighted by Gasteiger charge is -2.10. The van der Waals surface area contributed by atoms with Gasteiger partial charge < -0.3 is 5.73 Å². The number of hydrogen-bond acceptors (Lipinski definition) is 2. The van der Waals surface area contributed by atoms with E-state index in [0.29, 0.717) is 11.1 Å². The zero-order chi connectivity index (χ0) is 9.47. The van der Waals surface area contributed by atoms with E-state index in [-0.39, 0.29) is 5.82 Å². The molecule has 0 bridgehead atoms. The molecule has 2 nitrogen and oxygen atoms in total. The second-order valence-electron chi connectivity index (χ2n) is 3.46. The molecule has 0 amide bonds. The van der Waals surface area contributed by atoms with E-state index in [1.807, 2.05) is 6.07 Å². The molecule has 0 atom stereocenters. The standard InChI is InChI=1S/C10H9FN2/c11-8-2-1-7(6-12)9(5-8)10(13)3-4-10/h1-2,5H,3-4,13H2. The van der Waals surface area contributed by atoms with Crippen LogP contribution in [0.4, 0.5) is 4.39 Å². The molecule has 0 aromatic heterocycles. The Labute approximate surface area is 75.8 Å². The molecular weight excluding hydrogens is 167 g/mol. The fourth-order valence-corrected chi connectivity index (χ4v) is 1.43. The number of nitrogens with two attached hydrogens (primary N) is 1. The molecule has 0 radical (unpaired) electrons. The predicted octanol–water partition coefficient (Wildman–Crippen LogP) is 1.65. The predicted molar refractivity (Wildman–Crippen MR) is 46.2 cm³/mol. The van der Waals surface area contributed by atoms with Crippen LogP contribution in [-0.2, 0) is 5.54 Å². The van der Waals surface area contributed by atoms with Crippen molar-refractivity contribution in [1.82, 2.24) is 0 Å². The van der Waals surface area contributed by atoms with Gasteiger partial charge in [-0.2, -0.15) is 5.26 Å². The summed E-state index contributed by atoms with van der Waals surface area (Å²) in [6.45, 7) is 0. The Bertz CT molecular complexity index is 388. The van der Waals surface area contributed by atoms with Gasteiger partial charge in [0.1, 0.15) is 5.82 Å². The fraction of sp³-hybridized carbons (Fsp3) is 0.300. The highest BCUT2D eigenvalue weighted by Gasteiger charge is 2.41. The van der Waals surface area contributed by atoms with Crippen molar-refractivity contribution in [2.45, 2.75) is 18.4 Å². The van der Waals surface area contributed by atoms with Crippen LogP contribution in [0.3, 0.4) is 0 Å². The van der Waals surface area contributed by atoms with Gasteiger partial charge in [-0.1, -0.05) is 0 Å². The molecule has 66 valence electrons. The summed E-state index contributed by atoms with van der Waals surface area (Å²) in [6, 6.07) is 6.16. The van der Waals surface area contributed by atoms with E-state index in [1.54, 1.807) is 0 Å². The van der Waals surface area contributed by atoms with Gasteiger partial charge in [-0.3, -0.25) is 0 Å². The Hall–Kier alpha value is -1.40. The van der Waals surface area contributed by atoms with Crippen molar-refractivity contribution in [2.24, 2.45) is 5.73 Å². The minimum Gasteiger partial charge on any atom is -0.321 e. The summed E-state index contributed by atoms with van der Waals surface area (Å²) < 4.78 is 12.9. The number of nitriles is 1. The molecule has 1 fully saturated rings. The van der Waals surface area contributed by atoms with Gasteiger partial charge >= 0.3 is 0 Å². The highest BCUT2D eigenvalue weighted by atomic mass is 19.1. The van der Waals surface area contributed by atoms with Crippen LogP contribution in [-0.4, -0.2) is 0 Å². The van der Waals surface area contributed by atoms with E-state index in [4.69, 9.17) is 11.0 Å². The molecule has 1 aromatic rings. The molecule has 3 heteroatoms. The summed E-state index contributed by atoms with van der Waals surface area (Å²) >= 11 is 0. The maximum atomic E-state index is 12.9. The van der Waals surface area contributed by atoms with Crippen LogP contribution in [0.2, 0.25) is 0 Å². The molecule has 0 saturated heterocycles. The molecule has 0 heterocycles. The number of hydrogen-bond donors (Lipinski definition) is 1. The van der Waals surface area contributed by atoms with Gasteiger partial charge in [-0.25, -0.2) is 4.39 Å². The fourth-order valence-electron chi connectivity index (χ4n) is 1.43. The van der Waals surface area contributed by atoms with Crippen LogP contribution in [0.5, 0.6) is 0 Å². The quantitative estimate of drug-likeness (QED) is 0.707. The molecular formula is C10H9FN2. The maximum absolute atomic E-state index is 12.9. The maximum Gasteiger partial charge on any atom is 0.123 e. The average Bonchev–Trinajstić information content (AvgIpc) is 2.85. The number of rotatable bonds is 1. The van der Waals surface area contributed by atoms with Gasteiger partial charge in [0.25, 0.3) is 0 Å². The summed E-state index contributed by atoms with van der Waals surface area (Å²) in [4.78, 5) is 0. The molecule has 13 heavy (non-hydrogen) atoms. The van der Waals surface area contributed by atoms with Crippen LogP contribution in [0.25, 0.3) is 0 Å². The topological polar surface area (TPSA) is 49.8 Å². The summed E-state index contributed by atoms with van der Waals surface area (Å²) in [5.74, 6) is -0.328. The number of benzene rings is 1. The average molecular weight is 176 g/mol. The highest BCUT2D eigenvalue weighted by Crippen LogP contribution is 2.44. The van der Waals surface area contributed by atoms with Crippen molar-refractivity contribution in [2.75, 3.05) is 0 Å². The molecule has 2 rings (SSSR count). The largest absolute Gasteiger partial charge is 0.321 e. The van der Waals surface area contributed by atoms with Crippen molar-refractivity contribution >= 4 is 0 Å². The second-order valence-corrected chi connectivity index (χ2v) is 3.46. The van der Waals surface area contributed by atoms with Gasteiger partial charge in [0.2, 0.25) is 0 Å². The smallest absolute Gasteiger partial charge is 0.123 e. The lowest BCUT2D eigenvalue weighted by molar-refractivity contribution is 0.617. The minimum atomic E-state index is -0.437. The van der Waals surface area contributed by atoms with Crippen molar-refractivity contribution in [3.05, 3.63) is 35.1 Å². The minimum absolute atomic E-state index is 0.328. The van der Waals surface area contributed by atoms with Crippen LogP contribution in [0.15, 0.2) is 18.2 Å². The second kappa shape index (κ2) is 2.54. The van der Waals surface area contributed by atoms with Gasteiger partial charge in [0.05, 0.1) is 11.6 Å². The first-order valence-electron chi connectivity index (χ1n) is 4.15. The van der Waals surface area contributed by atoms with E-state index in [0.717, 1.165) is 12.8 Å². The Kier molecular flexibility index (Phi) is 1.61. The van der Waals surface area contributed by atoms with Crippen molar-refractivity contribution in [3.8, 4) is 6.07 Å². The first-order chi connectivity index (χ1) is 6.15. The van der Waals surface area contributed by atoms with E-state index >= 15 is 0 Å².